The molecule has 32 heavy (non-hydrogen) atoms. The van der Waals surface area contributed by atoms with Gasteiger partial charge < -0.3 is 14.3 Å². The van der Waals surface area contributed by atoms with Gasteiger partial charge in [-0.05, 0) is 45.2 Å². The highest BCUT2D eigenvalue weighted by Gasteiger charge is 2.26. The second-order valence-electron chi connectivity index (χ2n) is 8.60. The third-order valence-electron chi connectivity index (χ3n) is 6.40. The monoisotopic (exact) mass is 456 g/mol. The quantitative estimate of drug-likeness (QED) is 0.621. The summed E-state index contributed by atoms with van der Waals surface area (Å²) in [6.07, 6.45) is 3.45. The number of piperazine rings is 1. The van der Waals surface area contributed by atoms with Crippen molar-refractivity contribution in [2.24, 2.45) is 0 Å². The lowest BCUT2D eigenvalue weighted by atomic mass is 10.1. The Bertz CT molecular complexity index is 927. The molecule has 0 N–H and O–H groups in total. The van der Waals surface area contributed by atoms with Crippen LogP contribution >= 0.6 is 11.8 Å². The van der Waals surface area contributed by atoms with Gasteiger partial charge in [-0.25, -0.2) is 0 Å². The number of hydrogen-bond donors (Lipinski definition) is 0. The number of amides is 2. The van der Waals surface area contributed by atoms with Gasteiger partial charge in [-0.3, -0.25) is 14.5 Å². The lowest BCUT2D eigenvalue weighted by Gasteiger charge is -2.36. The van der Waals surface area contributed by atoms with Gasteiger partial charge in [0.15, 0.2) is 0 Å². The van der Waals surface area contributed by atoms with Crippen LogP contribution in [-0.2, 0) is 10.5 Å². The van der Waals surface area contributed by atoms with E-state index in [4.69, 9.17) is 4.52 Å². The summed E-state index contributed by atoms with van der Waals surface area (Å²) in [4.78, 5) is 32.9. The number of nitrogens with zero attached hydrogens (tertiary/aromatic N) is 4. The van der Waals surface area contributed by atoms with E-state index in [-0.39, 0.29) is 11.8 Å². The van der Waals surface area contributed by atoms with Crippen molar-refractivity contribution in [1.29, 1.82) is 0 Å². The summed E-state index contributed by atoms with van der Waals surface area (Å²) < 4.78 is 5.26. The minimum Gasteiger partial charge on any atom is -0.361 e. The molecule has 2 amide bonds. The van der Waals surface area contributed by atoms with Crippen molar-refractivity contribution in [3.63, 3.8) is 0 Å². The SMILES string of the molecule is Cc1noc(C)c1CSc1ccccc1C(=O)N1CCN(CC(=O)N2CCCCC2)CC1. The molecule has 1 aromatic heterocycles. The van der Waals surface area contributed by atoms with Crippen LogP contribution in [0.5, 0.6) is 0 Å². The first kappa shape index (κ1) is 22.9. The van der Waals surface area contributed by atoms with Crippen LogP contribution in [0.15, 0.2) is 33.7 Å². The van der Waals surface area contributed by atoms with Gasteiger partial charge in [0.2, 0.25) is 5.91 Å². The maximum absolute atomic E-state index is 13.3. The van der Waals surface area contributed by atoms with Crippen LogP contribution in [0.3, 0.4) is 0 Å². The molecule has 0 aliphatic carbocycles. The molecule has 3 heterocycles. The molecular weight excluding hydrogens is 424 g/mol. The Morgan fingerprint density at radius 1 is 0.969 bits per heavy atom. The van der Waals surface area contributed by atoms with Gasteiger partial charge in [0.1, 0.15) is 5.76 Å². The highest BCUT2D eigenvalue weighted by Crippen LogP contribution is 2.29. The van der Waals surface area contributed by atoms with Gasteiger partial charge in [0.25, 0.3) is 5.91 Å². The molecule has 0 spiro atoms. The van der Waals surface area contributed by atoms with Gasteiger partial charge in [0.05, 0.1) is 17.8 Å². The average molecular weight is 457 g/mol. The van der Waals surface area contributed by atoms with Crippen molar-refractivity contribution in [1.82, 2.24) is 19.9 Å². The maximum Gasteiger partial charge on any atom is 0.255 e. The molecule has 2 fully saturated rings. The van der Waals surface area contributed by atoms with Crippen LogP contribution in [0.1, 0.15) is 46.6 Å². The van der Waals surface area contributed by atoms with E-state index in [0.717, 1.165) is 72.3 Å². The van der Waals surface area contributed by atoms with Gasteiger partial charge in [-0.1, -0.05) is 17.3 Å². The van der Waals surface area contributed by atoms with Crippen LogP contribution in [0, 0.1) is 13.8 Å². The third-order valence-corrected chi connectivity index (χ3v) is 7.50. The molecule has 7 nitrogen and oxygen atoms in total. The molecule has 2 aliphatic heterocycles. The minimum absolute atomic E-state index is 0.0638. The van der Waals surface area contributed by atoms with Gasteiger partial charge >= 0.3 is 0 Å². The van der Waals surface area contributed by atoms with Gasteiger partial charge in [-0.15, -0.1) is 11.8 Å². The molecule has 8 heteroatoms. The van der Waals surface area contributed by atoms with Crippen LogP contribution in [0.4, 0.5) is 0 Å². The first-order valence-corrected chi connectivity index (χ1v) is 12.4. The average Bonchev–Trinajstić information content (AvgIpc) is 3.15. The molecule has 0 atom stereocenters. The van der Waals surface area contributed by atoms with Crippen molar-refractivity contribution in [3.05, 3.63) is 46.8 Å². The van der Waals surface area contributed by atoms with Crippen LogP contribution in [-0.4, -0.2) is 77.5 Å². The Balaban J connectivity index is 1.32. The predicted molar refractivity (Wildman–Crippen MR) is 125 cm³/mol. The molecule has 1 aromatic carbocycles. The molecule has 2 aliphatic rings. The molecule has 0 bridgehead atoms. The van der Waals surface area contributed by atoms with Crippen molar-refractivity contribution >= 4 is 23.6 Å². The fourth-order valence-electron chi connectivity index (χ4n) is 4.34. The molecule has 0 saturated carbocycles. The Morgan fingerprint density at radius 2 is 1.69 bits per heavy atom. The molecule has 0 radical (unpaired) electrons. The fourth-order valence-corrected chi connectivity index (χ4v) is 5.54. The molecule has 0 unspecified atom stereocenters. The summed E-state index contributed by atoms with van der Waals surface area (Å²) in [5.41, 5.74) is 2.72. The van der Waals surface area contributed by atoms with E-state index in [1.807, 2.05) is 47.9 Å². The first-order chi connectivity index (χ1) is 15.5. The zero-order valence-corrected chi connectivity index (χ0v) is 19.8. The van der Waals surface area contributed by atoms with Crippen LogP contribution < -0.4 is 0 Å². The third kappa shape index (κ3) is 5.35. The van der Waals surface area contributed by atoms with E-state index in [1.54, 1.807) is 11.8 Å². The summed E-state index contributed by atoms with van der Waals surface area (Å²) in [5.74, 6) is 1.84. The van der Waals surface area contributed by atoms with E-state index < -0.39 is 0 Å². The standard InChI is InChI=1S/C24H32N4O3S/c1-18-21(19(2)31-25-18)17-32-22-9-5-4-8-20(22)24(30)28-14-12-26(13-15-28)16-23(29)27-10-6-3-7-11-27/h4-5,8-9H,3,6-7,10-17H2,1-2H3. The summed E-state index contributed by atoms with van der Waals surface area (Å²) >= 11 is 1.64. The Kier molecular flexibility index (Phi) is 7.52. The zero-order chi connectivity index (χ0) is 22.5. The Labute approximate surface area is 194 Å². The summed E-state index contributed by atoms with van der Waals surface area (Å²) in [6.45, 7) is 8.87. The number of carbonyl (C=O) groups is 2. The first-order valence-electron chi connectivity index (χ1n) is 11.5. The normalized spacial score (nSPS) is 17.6. The lowest BCUT2D eigenvalue weighted by Crippen LogP contribution is -2.52. The second kappa shape index (κ2) is 10.5. The highest BCUT2D eigenvalue weighted by molar-refractivity contribution is 7.98. The van der Waals surface area contributed by atoms with Crippen molar-refractivity contribution < 1.29 is 14.1 Å². The molecule has 172 valence electrons. The van der Waals surface area contributed by atoms with E-state index in [1.165, 1.54) is 6.42 Å². The highest BCUT2D eigenvalue weighted by atomic mass is 32.2. The van der Waals surface area contributed by atoms with Crippen LogP contribution in [0.2, 0.25) is 0 Å². The number of rotatable bonds is 6. The largest absolute Gasteiger partial charge is 0.361 e. The number of benzene rings is 1. The van der Waals surface area contributed by atoms with Gasteiger partial charge in [0, 0.05) is 55.5 Å². The fraction of sp³-hybridized carbons (Fsp3) is 0.542. The number of likely N-dealkylation sites (tertiary alicyclic amines) is 1. The molecular formula is C24H32N4O3S. The topological polar surface area (TPSA) is 69.9 Å². The summed E-state index contributed by atoms with van der Waals surface area (Å²) in [5, 5.41) is 4.02. The van der Waals surface area contributed by atoms with Crippen LogP contribution in [0.25, 0.3) is 0 Å². The number of aryl methyl sites for hydroxylation is 2. The molecule has 2 saturated heterocycles. The number of hydrogen-bond acceptors (Lipinski definition) is 6. The number of aromatic nitrogens is 1. The van der Waals surface area contributed by atoms with Gasteiger partial charge in [-0.2, -0.15) is 0 Å². The smallest absolute Gasteiger partial charge is 0.255 e. The lowest BCUT2D eigenvalue weighted by molar-refractivity contribution is -0.133. The Hall–Kier alpha value is -2.32. The summed E-state index contributed by atoms with van der Waals surface area (Å²) in [6, 6.07) is 7.80. The van der Waals surface area contributed by atoms with E-state index in [9.17, 15) is 9.59 Å². The zero-order valence-electron chi connectivity index (χ0n) is 19.0. The van der Waals surface area contributed by atoms with Crippen molar-refractivity contribution in [3.8, 4) is 0 Å². The number of thioether (sulfide) groups is 1. The number of piperidine rings is 1. The second-order valence-corrected chi connectivity index (χ2v) is 9.61. The van der Waals surface area contributed by atoms with E-state index in [0.29, 0.717) is 19.6 Å². The van der Waals surface area contributed by atoms with Crippen molar-refractivity contribution in [2.45, 2.75) is 43.8 Å². The van der Waals surface area contributed by atoms with E-state index >= 15 is 0 Å². The minimum atomic E-state index is 0.0638. The molecule has 2 aromatic rings. The summed E-state index contributed by atoms with van der Waals surface area (Å²) in [7, 11) is 0. The van der Waals surface area contributed by atoms with E-state index in [2.05, 4.69) is 10.1 Å². The predicted octanol–water partition coefficient (Wildman–Crippen LogP) is 3.35. The van der Waals surface area contributed by atoms with Crippen molar-refractivity contribution in [2.75, 3.05) is 45.8 Å². The number of carbonyl (C=O) groups excluding carboxylic acids is 2. The Morgan fingerprint density at radius 3 is 2.38 bits per heavy atom. The maximum atomic E-state index is 13.3. The molecule has 4 rings (SSSR count).